The Kier molecular flexibility index (Phi) is 4.43. The standard InChI is InChI=1S/C14H25NO2/c1-11(16)13-7-8-15(10-13)14(17)9-12-5-3-2-4-6-12/h11-13,16H,2-10H2,1H3. The second kappa shape index (κ2) is 5.85. The molecule has 1 amide bonds. The van der Waals surface area contributed by atoms with Gasteiger partial charge in [0.1, 0.15) is 0 Å². The van der Waals surface area contributed by atoms with Crippen molar-refractivity contribution < 1.29 is 9.90 Å². The van der Waals surface area contributed by atoms with Gasteiger partial charge in [-0.05, 0) is 32.1 Å². The number of aliphatic hydroxyl groups excluding tert-OH is 1. The maximum Gasteiger partial charge on any atom is 0.222 e. The fraction of sp³-hybridized carbons (Fsp3) is 0.929. The summed E-state index contributed by atoms with van der Waals surface area (Å²) in [6.45, 7) is 3.45. The second-order valence-corrected chi connectivity index (χ2v) is 5.84. The van der Waals surface area contributed by atoms with Gasteiger partial charge in [0.15, 0.2) is 0 Å². The molecule has 1 heterocycles. The van der Waals surface area contributed by atoms with Crippen molar-refractivity contribution in [2.45, 2.75) is 58.0 Å². The molecule has 1 N–H and O–H groups in total. The van der Waals surface area contributed by atoms with Crippen molar-refractivity contribution >= 4 is 5.91 Å². The summed E-state index contributed by atoms with van der Waals surface area (Å²) in [6, 6.07) is 0. The van der Waals surface area contributed by atoms with E-state index in [1.807, 2.05) is 11.8 Å². The summed E-state index contributed by atoms with van der Waals surface area (Å²) in [6.07, 6.45) is 7.85. The number of carbonyl (C=O) groups is 1. The molecule has 1 saturated carbocycles. The van der Waals surface area contributed by atoms with Crippen molar-refractivity contribution in [3.63, 3.8) is 0 Å². The van der Waals surface area contributed by atoms with Crippen LogP contribution in [0.15, 0.2) is 0 Å². The van der Waals surface area contributed by atoms with E-state index in [-0.39, 0.29) is 6.10 Å². The zero-order valence-corrected chi connectivity index (χ0v) is 10.9. The first kappa shape index (κ1) is 12.9. The van der Waals surface area contributed by atoms with Crippen molar-refractivity contribution in [2.75, 3.05) is 13.1 Å². The summed E-state index contributed by atoms with van der Waals surface area (Å²) in [5.41, 5.74) is 0. The highest BCUT2D eigenvalue weighted by Gasteiger charge is 2.30. The minimum Gasteiger partial charge on any atom is -0.393 e. The molecule has 3 heteroatoms. The topological polar surface area (TPSA) is 40.5 Å². The Labute approximate surface area is 104 Å². The van der Waals surface area contributed by atoms with E-state index in [1.165, 1.54) is 32.1 Å². The first-order valence-corrected chi connectivity index (χ1v) is 7.12. The van der Waals surface area contributed by atoms with Gasteiger partial charge in [0, 0.05) is 25.4 Å². The summed E-state index contributed by atoms with van der Waals surface area (Å²) in [7, 11) is 0. The van der Waals surface area contributed by atoms with Crippen LogP contribution in [-0.4, -0.2) is 35.1 Å². The molecule has 0 radical (unpaired) electrons. The van der Waals surface area contributed by atoms with Crippen LogP contribution in [0.2, 0.25) is 0 Å². The van der Waals surface area contributed by atoms with Crippen LogP contribution in [0.3, 0.4) is 0 Å². The van der Waals surface area contributed by atoms with Crippen molar-refractivity contribution in [1.29, 1.82) is 0 Å². The molecule has 1 aliphatic carbocycles. The van der Waals surface area contributed by atoms with Crippen LogP contribution in [0.25, 0.3) is 0 Å². The fourth-order valence-electron chi connectivity index (χ4n) is 3.17. The normalized spacial score (nSPS) is 28.4. The number of hydrogen-bond acceptors (Lipinski definition) is 2. The molecule has 1 saturated heterocycles. The number of hydrogen-bond donors (Lipinski definition) is 1. The first-order chi connectivity index (χ1) is 8.16. The molecule has 98 valence electrons. The van der Waals surface area contributed by atoms with E-state index in [2.05, 4.69) is 0 Å². The van der Waals surface area contributed by atoms with Crippen molar-refractivity contribution in [3.8, 4) is 0 Å². The van der Waals surface area contributed by atoms with Crippen LogP contribution in [0.4, 0.5) is 0 Å². The predicted octanol–water partition coefficient (Wildman–Crippen LogP) is 2.19. The lowest BCUT2D eigenvalue weighted by molar-refractivity contribution is -0.131. The van der Waals surface area contributed by atoms with E-state index >= 15 is 0 Å². The maximum atomic E-state index is 12.1. The molecule has 1 aliphatic heterocycles. The Balaban J connectivity index is 1.76. The number of amides is 1. The molecule has 0 aromatic carbocycles. The molecule has 0 aromatic heterocycles. The Bertz CT molecular complexity index is 259. The fourth-order valence-corrected chi connectivity index (χ4v) is 3.17. The summed E-state index contributed by atoms with van der Waals surface area (Å²) in [5, 5.41) is 9.54. The van der Waals surface area contributed by atoms with E-state index in [1.54, 1.807) is 0 Å². The summed E-state index contributed by atoms with van der Waals surface area (Å²) < 4.78 is 0. The molecule has 2 unspecified atom stereocenters. The number of likely N-dealkylation sites (tertiary alicyclic amines) is 1. The lowest BCUT2D eigenvalue weighted by Gasteiger charge is -2.24. The molecule has 2 rings (SSSR count). The zero-order chi connectivity index (χ0) is 12.3. The van der Waals surface area contributed by atoms with Gasteiger partial charge in [0.25, 0.3) is 0 Å². The molecular formula is C14H25NO2. The van der Waals surface area contributed by atoms with Crippen LogP contribution < -0.4 is 0 Å². The monoisotopic (exact) mass is 239 g/mol. The van der Waals surface area contributed by atoms with Gasteiger partial charge in [0.2, 0.25) is 5.91 Å². The van der Waals surface area contributed by atoms with Gasteiger partial charge >= 0.3 is 0 Å². The highest BCUT2D eigenvalue weighted by atomic mass is 16.3. The van der Waals surface area contributed by atoms with E-state index in [0.29, 0.717) is 17.7 Å². The Morgan fingerprint density at radius 3 is 2.59 bits per heavy atom. The van der Waals surface area contributed by atoms with E-state index in [4.69, 9.17) is 0 Å². The van der Waals surface area contributed by atoms with Gasteiger partial charge in [-0.3, -0.25) is 4.79 Å². The third-order valence-corrected chi connectivity index (χ3v) is 4.45. The van der Waals surface area contributed by atoms with Gasteiger partial charge in [0.05, 0.1) is 6.10 Å². The van der Waals surface area contributed by atoms with Crippen molar-refractivity contribution in [2.24, 2.45) is 11.8 Å². The van der Waals surface area contributed by atoms with E-state index in [0.717, 1.165) is 25.9 Å². The minimum absolute atomic E-state index is 0.275. The van der Waals surface area contributed by atoms with Gasteiger partial charge in [-0.2, -0.15) is 0 Å². The number of rotatable bonds is 3. The number of aliphatic hydroxyl groups is 1. The lowest BCUT2D eigenvalue weighted by atomic mass is 9.87. The van der Waals surface area contributed by atoms with Crippen LogP contribution in [0, 0.1) is 11.8 Å². The molecule has 2 fully saturated rings. The molecule has 0 bridgehead atoms. The second-order valence-electron chi connectivity index (χ2n) is 5.84. The highest BCUT2D eigenvalue weighted by Crippen LogP contribution is 2.28. The minimum atomic E-state index is -0.275. The van der Waals surface area contributed by atoms with Crippen LogP contribution in [0.5, 0.6) is 0 Å². The maximum absolute atomic E-state index is 12.1. The number of carbonyl (C=O) groups excluding carboxylic acids is 1. The molecular weight excluding hydrogens is 214 g/mol. The Hall–Kier alpha value is -0.570. The smallest absolute Gasteiger partial charge is 0.222 e. The molecule has 3 nitrogen and oxygen atoms in total. The van der Waals surface area contributed by atoms with Crippen LogP contribution in [-0.2, 0) is 4.79 Å². The van der Waals surface area contributed by atoms with E-state index < -0.39 is 0 Å². The Morgan fingerprint density at radius 2 is 2.00 bits per heavy atom. The molecule has 2 aliphatic rings. The van der Waals surface area contributed by atoms with Crippen molar-refractivity contribution in [1.82, 2.24) is 4.90 Å². The van der Waals surface area contributed by atoms with E-state index in [9.17, 15) is 9.90 Å². The summed E-state index contributed by atoms with van der Waals surface area (Å²) in [5.74, 6) is 1.24. The number of nitrogens with zero attached hydrogens (tertiary/aromatic N) is 1. The summed E-state index contributed by atoms with van der Waals surface area (Å²) >= 11 is 0. The van der Waals surface area contributed by atoms with Gasteiger partial charge in [-0.15, -0.1) is 0 Å². The van der Waals surface area contributed by atoms with Crippen LogP contribution in [0.1, 0.15) is 51.9 Å². The van der Waals surface area contributed by atoms with Gasteiger partial charge in [-0.25, -0.2) is 0 Å². The third-order valence-electron chi connectivity index (χ3n) is 4.45. The van der Waals surface area contributed by atoms with Crippen LogP contribution >= 0.6 is 0 Å². The molecule has 0 spiro atoms. The largest absolute Gasteiger partial charge is 0.393 e. The lowest BCUT2D eigenvalue weighted by Crippen LogP contribution is -2.32. The third kappa shape index (κ3) is 3.44. The average molecular weight is 239 g/mol. The quantitative estimate of drug-likeness (QED) is 0.820. The SMILES string of the molecule is CC(O)C1CCN(C(=O)CC2CCCCC2)C1. The molecule has 17 heavy (non-hydrogen) atoms. The molecule has 0 aromatic rings. The highest BCUT2D eigenvalue weighted by molar-refractivity contribution is 5.76. The average Bonchev–Trinajstić information content (AvgIpc) is 2.79. The van der Waals surface area contributed by atoms with Gasteiger partial charge in [-0.1, -0.05) is 19.3 Å². The van der Waals surface area contributed by atoms with Gasteiger partial charge < -0.3 is 10.0 Å². The Morgan fingerprint density at radius 1 is 1.29 bits per heavy atom. The van der Waals surface area contributed by atoms with Crippen molar-refractivity contribution in [3.05, 3.63) is 0 Å². The predicted molar refractivity (Wildman–Crippen MR) is 67.6 cm³/mol. The summed E-state index contributed by atoms with van der Waals surface area (Å²) in [4.78, 5) is 14.1. The first-order valence-electron chi connectivity index (χ1n) is 7.12. The zero-order valence-electron chi connectivity index (χ0n) is 10.9. The molecule has 2 atom stereocenters.